The molecule has 4 heteroatoms. The summed E-state index contributed by atoms with van der Waals surface area (Å²) in [4.78, 5) is 0. The van der Waals surface area contributed by atoms with Crippen LogP contribution in [0.3, 0.4) is 0 Å². The van der Waals surface area contributed by atoms with E-state index in [2.05, 4.69) is 70.5 Å². The Balaban J connectivity index is 2.24. The highest BCUT2D eigenvalue weighted by atomic mass is 79.9. The topological polar surface area (TPSA) is 18.5 Å². The standard InChI is InChI=1S/C20H18BrO2P/c1-22-15-13-18(23-2)20(21)19(14-15)24(16-9-5-3-6-10-16)17-11-7-4-8-12-17/h3-14H,1-2H3. The van der Waals surface area contributed by atoms with E-state index in [4.69, 9.17) is 9.47 Å². The van der Waals surface area contributed by atoms with E-state index in [0.29, 0.717) is 0 Å². The Labute approximate surface area is 152 Å². The largest absolute Gasteiger partial charge is 0.497 e. The molecule has 3 aromatic rings. The maximum absolute atomic E-state index is 5.53. The van der Waals surface area contributed by atoms with E-state index < -0.39 is 7.92 Å². The Morgan fingerprint density at radius 3 is 1.75 bits per heavy atom. The number of benzene rings is 3. The monoisotopic (exact) mass is 400 g/mol. The number of ether oxygens (including phenoxy) is 2. The molecule has 0 aliphatic rings. The van der Waals surface area contributed by atoms with Crippen LogP contribution < -0.4 is 25.4 Å². The van der Waals surface area contributed by atoms with Gasteiger partial charge in [-0.1, -0.05) is 60.7 Å². The van der Waals surface area contributed by atoms with Crippen LogP contribution in [-0.2, 0) is 0 Å². The number of halogens is 1. The Bertz CT molecular complexity index is 767. The fourth-order valence-corrected chi connectivity index (χ4v) is 5.85. The quantitative estimate of drug-likeness (QED) is 0.596. The van der Waals surface area contributed by atoms with Crippen molar-refractivity contribution in [2.75, 3.05) is 14.2 Å². The zero-order chi connectivity index (χ0) is 16.9. The van der Waals surface area contributed by atoms with E-state index in [1.807, 2.05) is 18.2 Å². The van der Waals surface area contributed by atoms with Gasteiger partial charge >= 0.3 is 0 Å². The SMILES string of the molecule is COc1cc(OC)c(Br)c(P(c2ccccc2)c2ccccc2)c1. The minimum atomic E-state index is -0.718. The predicted molar refractivity (Wildman–Crippen MR) is 106 cm³/mol. The van der Waals surface area contributed by atoms with Crippen LogP contribution in [-0.4, -0.2) is 14.2 Å². The van der Waals surface area contributed by atoms with E-state index in [9.17, 15) is 0 Å². The van der Waals surface area contributed by atoms with Gasteiger partial charge in [-0.25, -0.2) is 0 Å². The zero-order valence-electron chi connectivity index (χ0n) is 13.6. The van der Waals surface area contributed by atoms with Gasteiger partial charge in [-0.05, 0) is 40.5 Å². The second kappa shape index (κ2) is 7.83. The van der Waals surface area contributed by atoms with Gasteiger partial charge in [0.1, 0.15) is 11.5 Å². The van der Waals surface area contributed by atoms with Crippen molar-refractivity contribution < 1.29 is 9.47 Å². The average molecular weight is 401 g/mol. The maximum atomic E-state index is 5.53. The summed E-state index contributed by atoms with van der Waals surface area (Å²) in [6, 6.07) is 25.1. The second-order valence-corrected chi connectivity index (χ2v) is 8.15. The van der Waals surface area contributed by atoms with Crippen molar-refractivity contribution in [3.8, 4) is 11.5 Å². The van der Waals surface area contributed by atoms with Crippen LogP contribution in [0.2, 0.25) is 0 Å². The first kappa shape index (κ1) is 17.0. The van der Waals surface area contributed by atoms with E-state index in [0.717, 1.165) is 16.0 Å². The number of methoxy groups -OCH3 is 2. The fourth-order valence-electron chi connectivity index (χ4n) is 2.57. The molecule has 24 heavy (non-hydrogen) atoms. The lowest BCUT2D eigenvalue weighted by atomic mass is 10.3. The minimum absolute atomic E-state index is 0.718. The first-order chi connectivity index (χ1) is 11.7. The van der Waals surface area contributed by atoms with E-state index in [-0.39, 0.29) is 0 Å². The molecule has 0 aliphatic heterocycles. The van der Waals surface area contributed by atoms with Crippen LogP contribution in [0.5, 0.6) is 11.5 Å². The van der Waals surface area contributed by atoms with Crippen molar-refractivity contribution in [3.05, 3.63) is 77.3 Å². The van der Waals surface area contributed by atoms with Gasteiger partial charge in [-0.2, -0.15) is 0 Å². The molecule has 0 heterocycles. The molecule has 0 radical (unpaired) electrons. The van der Waals surface area contributed by atoms with Crippen molar-refractivity contribution in [2.45, 2.75) is 0 Å². The number of hydrogen-bond donors (Lipinski definition) is 0. The van der Waals surface area contributed by atoms with Gasteiger partial charge in [0.05, 0.1) is 18.7 Å². The summed E-state index contributed by atoms with van der Waals surface area (Å²) >= 11 is 3.74. The third kappa shape index (κ3) is 3.48. The summed E-state index contributed by atoms with van der Waals surface area (Å²) in [7, 11) is 2.64. The summed E-state index contributed by atoms with van der Waals surface area (Å²) in [6.07, 6.45) is 0. The summed E-state index contributed by atoms with van der Waals surface area (Å²) in [5, 5.41) is 3.75. The second-order valence-electron chi connectivity index (χ2n) is 5.17. The van der Waals surface area contributed by atoms with Gasteiger partial charge in [0.25, 0.3) is 0 Å². The molecule has 0 atom stereocenters. The van der Waals surface area contributed by atoms with Crippen molar-refractivity contribution in [1.29, 1.82) is 0 Å². The molecule has 0 unspecified atom stereocenters. The van der Waals surface area contributed by atoms with Crippen molar-refractivity contribution in [1.82, 2.24) is 0 Å². The highest BCUT2D eigenvalue weighted by molar-refractivity contribution is 9.10. The van der Waals surface area contributed by atoms with Gasteiger partial charge in [0, 0.05) is 11.4 Å². The maximum Gasteiger partial charge on any atom is 0.137 e. The van der Waals surface area contributed by atoms with Gasteiger partial charge in [-0.15, -0.1) is 0 Å². The molecular formula is C20H18BrO2P. The molecule has 0 saturated carbocycles. The van der Waals surface area contributed by atoms with E-state index in [1.165, 1.54) is 15.9 Å². The lowest BCUT2D eigenvalue weighted by Crippen LogP contribution is -2.22. The number of rotatable bonds is 5. The molecule has 0 aromatic heterocycles. The highest BCUT2D eigenvalue weighted by Gasteiger charge is 2.22. The van der Waals surface area contributed by atoms with Crippen LogP contribution in [0.4, 0.5) is 0 Å². The van der Waals surface area contributed by atoms with Crippen molar-refractivity contribution in [2.24, 2.45) is 0 Å². The smallest absolute Gasteiger partial charge is 0.137 e. The van der Waals surface area contributed by atoms with Gasteiger partial charge in [0.15, 0.2) is 0 Å². The van der Waals surface area contributed by atoms with Crippen LogP contribution in [0.25, 0.3) is 0 Å². The van der Waals surface area contributed by atoms with Gasteiger partial charge < -0.3 is 9.47 Å². The van der Waals surface area contributed by atoms with Gasteiger partial charge in [-0.3, -0.25) is 0 Å². The lowest BCUT2D eigenvalue weighted by molar-refractivity contribution is 0.393. The Kier molecular flexibility index (Phi) is 5.55. The molecular weight excluding hydrogens is 383 g/mol. The van der Waals surface area contributed by atoms with E-state index >= 15 is 0 Å². The van der Waals surface area contributed by atoms with Crippen molar-refractivity contribution in [3.63, 3.8) is 0 Å². The lowest BCUT2D eigenvalue weighted by Gasteiger charge is -2.22. The molecule has 0 bridgehead atoms. The van der Waals surface area contributed by atoms with E-state index in [1.54, 1.807) is 14.2 Å². The summed E-state index contributed by atoms with van der Waals surface area (Å²) in [6.45, 7) is 0. The summed E-state index contributed by atoms with van der Waals surface area (Å²) in [5.74, 6) is 1.58. The molecule has 3 aromatic carbocycles. The van der Waals surface area contributed by atoms with Crippen LogP contribution >= 0.6 is 23.9 Å². The van der Waals surface area contributed by atoms with Crippen LogP contribution in [0.1, 0.15) is 0 Å². The van der Waals surface area contributed by atoms with Crippen molar-refractivity contribution >= 4 is 39.8 Å². The predicted octanol–water partition coefficient (Wildman–Crippen LogP) is 4.22. The molecule has 2 nitrogen and oxygen atoms in total. The molecule has 0 N–H and O–H groups in total. The highest BCUT2D eigenvalue weighted by Crippen LogP contribution is 2.40. The molecule has 0 aliphatic carbocycles. The zero-order valence-corrected chi connectivity index (χ0v) is 16.1. The normalized spacial score (nSPS) is 10.7. The Hall–Kier alpha value is -1.83. The van der Waals surface area contributed by atoms with Crippen LogP contribution in [0, 0.1) is 0 Å². The molecule has 0 saturated heterocycles. The fraction of sp³-hybridized carbons (Fsp3) is 0.100. The third-order valence-electron chi connectivity index (χ3n) is 3.72. The molecule has 3 rings (SSSR count). The molecule has 0 spiro atoms. The molecule has 0 fully saturated rings. The average Bonchev–Trinajstić information content (AvgIpc) is 2.65. The number of hydrogen-bond acceptors (Lipinski definition) is 2. The molecule has 0 amide bonds. The Morgan fingerprint density at radius 2 is 1.29 bits per heavy atom. The van der Waals surface area contributed by atoms with Gasteiger partial charge in [0.2, 0.25) is 0 Å². The molecule has 122 valence electrons. The Morgan fingerprint density at radius 1 is 0.750 bits per heavy atom. The minimum Gasteiger partial charge on any atom is -0.497 e. The van der Waals surface area contributed by atoms with Crippen LogP contribution in [0.15, 0.2) is 77.3 Å². The first-order valence-electron chi connectivity index (χ1n) is 7.56. The third-order valence-corrected chi connectivity index (χ3v) is 7.31. The summed E-state index contributed by atoms with van der Waals surface area (Å²) < 4.78 is 12.0. The summed E-state index contributed by atoms with van der Waals surface area (Å²) in [5.41, 5.74) is 0. The first-order valence-corrected chi connectivity index (χ1v) is 9.70.